The number of primary amides is 1. The number of amides is 1. The first-order valence-electron chi connectivity index (χ1n) is 5.75. The number of hydrogen-bond acceptors (Lipinski definition) is 4. The molecule has 1 amide bonds. The lowest BCUT2D eigenvalue weighted by Crippen LogP contribution is -2.34. The summed E-state index contributed by atoms with van der Waals surface area (Å²) in [5, 5.41) is 18.6. The van der Waals surface area contributed by atoms with Gasteiger partial charge in [0, 0.05) is 17.8 Å². The number of carbonyl (C=O) groups excluding carboxylic acids is 1. The van der Waals surface area contributed by atoms with Crippen LogP contribution in [0, 0.1) is 11.3 Å². The number of hydrogen-bond donors (Lipinski definition) is 2. The van der Waals surface area contributed by atoms with E-state index in [1.54, 1.807) is 30.0 Å². The van der Waals surface area contributed by atoms with Crippen molar-refractivity contribution in [2.75, 3.05) is 18.0 Å². The van der Waals surface area contributed by atoms with E-state index in [9.17, 15) is 9.90 Å². The first-order chi connectivity index (χ1) is 8.49. The third kappa shape index (κ3) is 3.22. The maximum Gasteiger partial charge on any atom is 0.236 e. The summed E-state index contributed by atoms with van der Waals surface area (Å²) in [5.74, 6) is -0.448. The SMILES string of the molecule is CCN(CC(N)=O)c1cc(C#N)ccc1[C@@H](C)O. The number of nitrogens with two attached hydrogens (primary N) is 1. The smallest absolute Gasteiger partial charge is 0.236 e. The van der Waals surface area contributed by atoms with Crippen LogP contribution in [0.3, 0.4) is 0 Å². The summed E-state index contributed by atoms with van der Waals surface area (Å²) in [4.78, 5) is 12.8. The van der Waals surface area contributed by atoms with Gasteiger partial charge in [0.25, 0.3) is 0 Å². The molecule has 0 unspecified atom stereocenters. The Kier molecular flexibility index (Phi) is 4.69. The van der Waals surface area contributed by atoms with Crippen LogP contribution in [0.4, 0.5) is 5.69 Å². The van der Waals surface area contributed by atoms with Gasteiger partial charge in [-0.3, -0.25) is 4.79 Å². The molecule has 0 fully saturated rings. The predicted molar refractivity (Wildman–Crippen MR) is 68.9 cm³/mol. The zero-order valence-corrected chi connectivity index (χ0v) is 10.6. The summed E-state index contributed by atoms with van der Waals surface area (Å²) in [7, 11) is 0. The Morgan fingerprint density at radius 1 is 1.61 bits per heavy atom. The summed E-state index contributed by atoms with van der Waals surface area (Å²) in [6, 6.07) is 7.04. The molecule has 0 heterocycles. The van der Waals surface area contributed by atoms with Crippen molar-refractivity contribution in [1.29, 1.82) is 5.26 Å². The number of carbonyl (C=O) groups is 1. The molecule has 0 aliphatic heterocycles. The standard InChI is InChI=1S/C13H17N3O2/c1-3-16(8-13(15)18)12-6-10(7-14)4-5-11(12)9(2)17/h4-6,9,17H,3,8H2,1-2H3,(H2,15,18)/t9-/m1/s1. The van der Waals surface area contributed by atoms with Crippen LogP contribution in [0.15, 0.2) is 18.2 Å². The first kappa shape index (κ1) is 14.0. The molecule has 0 radical (unpaired) electrons. The van der Waals surface area contributed by atoms with Crippen molar-refractivity contribution < 1.29 is 9.90 Å². The van der Waals surface area contributed by atoms with Gasteiger partial charge in [0.2, 0.25) is 5.91 Å². The van der Waals surface area contributed by atoms with Gasteiger partial charge < -0.3 is 15.7 Å². The molecule has 0 bridgehead atoms. The van der Waals surface area contributed by atoms with Crippen LogP contribution in [-0.4, -0.2) is 24.1 Å². The Bertz CT molecular complexity index is 478. The normalized spacial score (nSPS) is 11.7. The molecule has 18 heavy (non-hydrogen) atoms. The molecule has 0 saturated heterocycles. The number of rotatable bonds is 5. The van der Waals surface area contributed by atoms with Gasteiger partial charge in [-0.15, -0.1) is 0 Å². The molecule has 3 N–H and O–H groups in total. The molecule has 1 rings (SSSR count). The Labute approximate surface area is 106 Å². The van der Waals surface area contributed by atoms with E-state index >= 15 is 0 Å². The van der Waals surface area contributed by atoms with Gasteiger partial charge in [-0.2, -0.15) is 5.26 Å². The van der Waals surface area contributed by atoms with E-state index in [4.69, 9.17) is 11.0 Å². The largest absolute Gasteiger partial charge is 0.389 e. The molecule has 0 saturated carbocycles. The van der Waals surface area contributed by atoms with Crippen LogP contribution >= 0.6 is 0 Å². The second-order valence-electron chi connectivity index (χ2n) is 4.04. The minimum atomic E-state index is -0.672. The zero-order chi connectivity index (χ0) is 13.7. The van der Waals surface area contributed by atoms with E-state index in [0.717, 1.165) is 0 Å². The molecule has 0 spiro atoms. The van der Waals surface area contributed by atoms with Gasteiger partial charge in [-0.05, 0) is 26.0 Å². The molecule has 0 aromatic heterocycles. The van der Waals surface area contributed by atoms with Gasteiger partial charge in [0.1, 0.15) is 0 Å². The van der Waals surface area contributed by atoms with Gasteiger partial charge in [0.05, 0.1) is 24.3 Å². The van der Waals surface area contributed by atoms with Crippen molar-refractivity contribution in [3.05, 3.63) is 29.3 Å². The molecule has 5 nitrogen and oxygen atoms in total. The van der Waals surface area contributed by atoms with Crippen molar-refractivity contribution in [3.63, 3.8) is 0 Å². The van der Waals surface area contributed by atoms with Gasteiger partial charge in [0.15, 0.2) is 0 Å². The lowest BCUT2D eigenvalue weighted by atomic mass is 10.0. The number of anilines is 1. The fourth-order valence-corrected chi connectivity index (χ4v) is 1.80. The average molecular weight is 247 g/mol. The second kappa shape index (κ2) is 6.03. The maximum atomic E-state index is 11.0. The molecular formula is C13H17N3O2. The Morgan fingerprint density at radius 2 is 2.28 bits per heavy atom. The van der Waals surface area contributed by atoms with Crippen molar-refractivity contribution in [3.8, 4) is 6.07 Å². The third-order valence-corrected chi connectivity index (χ3v) is 2.68. The van der Waals surface area contributed by atoms with Gasteiger partial charge >= 0.3 is 0 Å². The van der Waals surface area contributed by atoms with Crippen molar-refractivity contribution in [2.24, 2.45) is 5.73 Å². The number of aliphatic hydroxyl groups excluding tert-OH is 1. The summed E-state index contributed by atoms with van der Waals surface area (Å²) in [5.41, 5.74) is 7.03. The van der Waals surface area contributed by atoms with Crippen molar-refractivity contribution in [1.82, 2.24) is 0 Å². The van der Waals surface area contributed by atoms with Gasteiger partial charge in [-0.1, -0.05) is 6.07 Å². The zero-order valence-electron chi connectivity index (χ0n) is 10.6. The van der Waals surface area contributed by atoms with E-state index in [0.29, 0.717) is 23.4 Å². The highest BCUT2D eigenvalue weighted by Crippen LogP contribution is 2.27. The lowest BCUT2D eigenvalue weighted by molar-refractivity contribution is -0.116. The van der Waals surface area contributed by atoms with Gasteiger partial charge in [-0.25, -0.2) is 0 Å². The monoisotopic (exact) mass is 247 g/mol. The van der Waals surface area contributed by atoms with Crippen LogP contribution in [0.5, 0.6) is 0 Å². The fourth-order valence-electron chi connectivity index (χ4n) is 1.80. The van der Waals surface area contributed by atoms with Crippen molar-refractivity contribution >= 4 is 11.6 Å². The second-order valence-corrected chi connectivity index (χ2v) is 4.04. The number of benzene rings is 1. The topological polar surface area (TPSA) is 90.4 Å². The summed E-state index contributed by atoms with van der Waals surface area (Å²) < 4.78 is 0. The Hall–Kier alpha value is -2.06. The van der Waals surface area contributed by atoms with E-state index < -0.39 is 12.0 Å². The summed E-state index contributed by atoms with van der Waals surface area (Å²) >= 11 is 0. The first-order valence-corrected chi connectivity index (χ1v) is 5.75. The minimum Gasteiger partial charge on any atom is -0.389 e. The van der Waals surface area contributed by atoms with Crippen LogP contribution in [0.25, 0.3) is 0 Å². The highest BCUT2D eigenvalue weighted by molar-refractivity contribution is 5.80. The van der Waals surface area contributed by atoms with E-state index in [2.05, 4.69) is 0 Å². The van der Waals surface area contributed by atoms with Crippen LogP contribution in [0.2, 0.25) is 0 Å². The highest BCUT2D eigenvalue weighted by atomic mass is 16.3. The lowest BCUT2D eigenvalue weighted by Gasteiger charge is -2.25. The Morgan fingerprint density at radius 3 is 2.72 bits per heavy atom. The molecule has 0 aliphatic carbocycles. The molecule has 0 aliphatic rings. The number of likely N-dealkylation sites (N-methyl/N-ethyl adjacent to an activating group) is 1. The molecule has 1 aromatic carbocycles. The maximum absolute atomic E-state index is 11.0. The quantitative estimate of drug-likeness (QED) is 0.809. The molecule has 5 heteroatoms. The van der Waals surface area contributed by atoms with Crippen LogP contribution in [-0.2, 0) is 4.79 Å². The molecular weight excluding hydrogens is 230 g/mol. The fraction of sp³-hybridized carbons (Fsp3) is 0.385. The highest BCUT2D eigenvalue weighted by Gasteiger charge is 2.15. The molecule has 1 aromatic rings. The van der Waals surface area contributed by atoms with E-state index in [1.165, 1.54) is 0 Å². The number of nitriles is 1. The average Bonchev–Trinajstić information content (AvgIpc) is 2.34. The number of aliphatic hydroxyl groups is 1. The van der Waals surface area contributed by atoms with Crippen LogP contribution < -0.4 is 10.6 Å². The summed E-state index contributed by atoms with van der Waals surface area (Å²) in [6.45, 7) is 4.15. The predicted octanol–water partition coefficient (Wildman–Crippen LogP) is 0.923. The molecule has 1 atom stereocenters. The van der Waals surface area contributed by atoms with E-state index in [1.807, 2.05) is 13.0 Å². The third-order valence-electron chi connectivity index (χ3n) is 2.68. The summed E-state index contributed by atoms with van der Waals surface area (Å²) in [6.07, 6.45) is -0.672. The van der Waals surface area contributed by atoms with Crippen LogP contribution in [0.1, 0.15) is 31.1 Å². The Balaban J connectivity index is 3.24. The number of nitrogens with zero attached hydrogens (tertiary/aromatic N) is 2. The molecule has 96 valence electrons. The van der Waals surface area contributed by atoms with E-state index in [-0.39, 0.29) is 6.54 Å². The minimum absolute atomic E-state index is 0.0606. The van der Waals surface area contributed by atoms with Crippen molar-refractivity contribution in [2.45, 2.75) is 20.0 Å².